The van der Waals surface area contributed by atoms with Gasteiger partial charge in [0.15, 0.2) is 0 Å². The number of hydrogen-bond donors (Lipinski definition) is 0. The molecular formula is C48H28S3. The molecule has 0 amide bonds. The van der Waals surface area contributed by atoms with Gasteiger partial charge in [-0.1, -0.05) is 127 Å². The van der Waals surface area contributed by atoms with E-state index in [2.05, 4.69) is 167 Å². The summed E-state index contributed by atoms with van der Waals surface area (Å²) < 4.78 is 2.65. The second-order valence-corrected chi connectivity index (χ2v) is 15.8. The van der Waals surface area contributed by atoms with Crippen LogP contribution in [-0.4, -0.2) is 0 Å². The molecule has 0 radical (unpaired) electrons. The summed E-state index contributed by atoms with van der Waals surface area (Å²) in [5, 5.41) is 21.9. The molecule has 0 aliphatic rings. The summed E-state index contributed by atoms with van der Waals surface area (Å²) in [6.45, 7) is 0. The first-order valence-electron chi connectivity index (χ1n) is 17.2. The molecule has 0 saturated carbocycles. The largest absolute Gasteiger partial charge is 0.152 e. The lowest BCUT2D eigenvalue weighted by Gasteiger charge is -2.18. The minimum Gasteiger partial charge on any atom is -0.152 e. The van der Waals surface area contributed by atoms with Gasteiger partial charge in [-0.2, -0.15) is 22.7 Å². The van der Waals surface area contributed by atoms with E-state index < -0.39 is 0 Å². The van der Waals surface area contributed by atoms with E-state index in [1.165, 1.54) is 108 Å². The SMILES string of the molecule is c1cc(-c2c3ccccc3c(-c3ccsc3)c3ccccc23)c2c(c1)sc1c(-c3c4ccccc4c(-c4ccsc4)c4ccccc34)cccc12. The van der Waals surface area contributed by atoms with Gasteiger partial charge < -0.3 is 0 Å². The molecule has 238 valence electrons. The van der Waals surface area contributed by atoms with Gasteiger partial charge >= 0.3 is 0 Å². The van der Waals surface area contributed by atoms with E-state index in [4.69, 9.17) is 0 Å². The number of benzene rings is 8. The Bertz CT molecular complexity index is 3010. The van der Waals surface area contributed by atoms with Crippen LogP contribution < -0.4 is 0 Å². The third-order valence-electron chi connectivity index (χ3n) is 10.5. The minimum atomic E-state index is 1.28. The van der Waals surface area contributed by atoms with Crippen LogP contribution in [0, 0.1) is 0 Å². The van der Waals surface area contributed by atoms with Crippen LogP contribution >= 0.6 is 34.0 Å². The molecule has 3 heterocycles. The maximum absolute atomic E-state index is 2.35. The Hall–Kier alpha value is -5.58. The number of rotatable bonds is 4. The first-order valence-corrected chi connectivity index (χ1v) is 19.9. The molecular weight excluding hydrogens is 673 g/mol. The van der Waals surface area contributed by atoms with Crippen LogP contribution in [0.5, 0.6) is 0 Å². The molecule has 0 atom stereocenters. The smallest absolute Gasteiger partial charge is 0.0434 e. The van der Waals surface area contributed by atoms with Crippen LogP contribution in [0.4, 0.5) is 0 Å². The minimum absolute atomic E-state index is 1.28. The van der Waals surface area contributed by atoms with Gasteiger partial charge in [-0.3, -0.25) is 0 Å². The monoisotopic (exact) mass is 700 g/mol. The maximum Gasteiger partial charge on any atom is 0.0434 e. The molecule has 3 heteroatoms. The van der Waals surface area contributed by atoms with Gasteiger partial charge in [0, 0.05) is 25.7 Å². The highest BCUT2D eigenvalue weighted by Gasteiger charge is 2.22. The van der Waals surface area contributed by atoms with Gasteiger partial charge in [0.05, 0.1) is 0 Å². The van der Waals surface area contributed by atoms with Gasteiger partial charge in [-0.15, -0.1) is 11.3 Å². The van der Waals surface area contributed by atoms with Crippen molar-refractivity contribution in [3.8, 4) is 44.5 Å². The summed E-state index contributed by atoms with van der Waals surface area (Å²) in [6.07, 6.45) is 0. The fraction of sp³-hybridized carbons (Fsp3) is 0. The number of hydrogen-bond acceptors (Lipinski definition) is 3. The zero-order valence-corrected chi connectivity index (χ0v) is 29.8. The lowest BCUT2D eigenvalue weighted by Crippen LogP contribution is -1.91. The lowest BCUT2D eigenvalue weighted by molar-refractivity contribution is 1.71. The molecule has 0 aliphatic heterocycles. The Morgan fingerprint density at radius 1 is 0.314 bits per heavy atom. The Labute approximate surface area is 307 Å². The van der Waals surface area contributed by atoms with Gasteiger partial charge in [0.25, 0.3) is 0 Å². The average molecular weight is 701 g/mol. The zero-order chi connectivity index (χ0) is 33.5. The standard InChI is InChI=1S/C48H28S3/c1-5-15-35-31(11-1)43(29-23-25-49-27-29)32-12-2-6-16-36(32)45(35)39-19-10-22-42-47(39)41-21-9-20-40(48(41)51-42)46-37-17-7-3-13-33(37)44(30-24-26-50-28-30)34-14-4-8-18-38(34)46/h1-28H. The van der Waals surface area contributed by atoms with Crippen LogP contribution in [0.15, 0.2) is 167 Å². The Balaban J connectivity index is 1.25. The van der Waals surface area contributed by atoms with Crippen LogP contribution in [0.2, 0.25) is 0 Å². The molecule has 0 fully saturated rings. The normalized spacial score (nSPS) is 11.9. The van der Waals surface area contributed by atoms with Gasteiger partial charge in [0.1, 0.15) is 0 Å². The predicted molar refractivity (Wildman–Crippen MR) is 227 cm³/mol. The maximum atomic E-state index is 2.35. The van der Waals surface area contributed by atoms with Gasteiger partial charge in [-0.25, -0.2) is 0 Å². The third-order valence-corrected chi connectivity index (χ3v) is 13.1. The van der Waals surface area contributed by atoms with Crippen LogP contribution in [0.3, 0.4) is 0 Å². The molecule has 0 saturated heterocycles. The molecule has 3 aromatic heterocycles. The highest BCUT2D eigenvalue weighted by molar-refractivity contribution is 7.26. The van der Waals surface area contributed by atoms with Crippen molar-refractivity contribution in [1.29, 1.82) is 0 Å². The quantitative estimate of drug-likeness (QED) is 0.160. The summed E-state index contributed by atoms with van der Waals surface area (Å²) >= 11 is 5.44. The van der Waals surface area contributed by atoms with Crippen LogP contribution in [0.1, 0.15) is 0 Å². The summed E-state index contributed by atoms with van der Waals surface area (Å²) in [5.74, 6) is 0. The first kappa shape index (κ1) is 29.2. The van der Waals surface area contributed by atoms with Crippen molar-refractivity contribution in [3.05, 3.63) is 167 Å². The molecule has 0 aliphatic carbocycles. The van der Waals surface area contributed by atoms with Gasteiger partial charge in [0.2, 0.25) is 0 Å². The van der Waals surface area contributed by atoms with E-state index in [-0.39, 0.29) is 0 Å². The fourth-order valence-corrected chi connectivity index (χ4v) is 11.1. The summed E-state index contributed by atoms with van der Waals surface area (Å²) in [4.78, 5) is 0. The van der Waals surface area contributed by atoms with Crippen molar-refractivity contribution >= 4 is 97.3 Å². The Kier molecular flexibility index (Phi) is 6.57. The first-order chi connectivity index (χ1) is 25.3. The lowest BCUT2D eigenvalue weighted by atomic mass is 9.85. The van der Waals surface area contributed by atoms with Crippen molar-refractivity contribution in [1.82, 2.24) is 0 Å². The van der Waals surface area contributed by atoms with Crippen LogP contribution in [0.25, 0.3) is 108 Å². The molecule has 11 rings (SSSR count). The summed E-state index contributed by atoms with van der Waals surface area (Å²) in [7, 11) is 0. The van der Waals surface area contributed by atoms with E-state index in [1.54, 1.807) is 22.7 Å². The summed E-state index contributed by atoms with van der Waals surface area (Å²) in [5.41, 5.74) is 10.4. The van der Waals surface area contributed by atoms with Crippen molar-refractivity contribution in [2.75, 3.05) is 0 Å². The molecule has 0 unspecified atom stereocenters. The van der Waals surface area contributed by atoms with Crippen molar-refractivity contribution < 1.29 is 0 Å². The molecule has 51 heavy (non-hydrogen) atoms. The van der Waals surface area contributed by atoms with Crippen molar-refractivity contribution in [2.45, 2.75) is 0 Å². The van der Waals surface area contributed by atoms with Gasteiger partial charge in [-0.05, 0) is 122 Å². The highest BCUT2D eigenvalue weighted by atomic mass is 32.1. The zero-order valence-electron chi connectivity index (χ0n) is 27.4. The second kappa shape index (κ2) is 11.5. The third kappa shape index (κ3) is 4.30. The van der Waals surface area contributed by atoms with Crippen molar-refractivity contribution in [2.24, 2.45) is 0 Å². The average Bonchev–Trinajstić information content (AvgIpc) is 3.98. The molecule has 0 spiro atoms. The van der Waals surface area contributed by atoms with E-state index >= 15 is 0 Å². The second-order valence-electron chi connectivity index (χ2n) is 13.2. The van der Waals surface area contributed by atoms with Crippen molar-refractivity contribution in [3.63, 3.8) is 0 Å². The molecule has 0 N–H and O–H groups in total. The molecule has 0 nitrogen and oxygen atoms in total. The Morgan fingerprint density at radius 2 is 0.706 bits per heavy atom. The molecule has 11 aromatic rings. The predicted octanol–water partition coefficient (Wildman–Crippen LogP) is 15.5. The van der Waals surface area contributed by atoms with E-state index in [0.717, 1.165) is 0 Å². The van der Waals surface area contributed by atoms with E-state index in [9.17, 15) is 0 Å². The fourth-order valence-electron chi connectivity index (χ4n) is 8.53. The van der Waals surface area contributed by atoms with E-state index in [1.807, 2.05) is 11.3 Å². The number of fused-ring (bicyclic) bond motifs is 7. The highest BCUT2D eigenvalue weighted by Crippen LogP contribution is 2.51. The number of thiophene rings is 3. The van der Waals surface area contributed by atoms with Crippen LogP contribution in [-0.2, 0) is 0 Å². The molecule has 0 bridgehead atoms. The van der Waals surface area contributed by atoms with E-state index in [0.29, 0.717) is 0 Å². The topological polar surface area (TPSA) is 0 Å². The Morgan fingerprint density at radius 3 is 1.16 bits per heavy atom. The molecule has 8 aromatic carbocycles. The summed E-state index contributed by atoms with van der Waals surface area (Å²) in [6, 6.07) is 54.4.